The van der Waals surface area contributed by atoms with Crippen LogP contribution in [0.15, 0.2) is 53.5 Å². The molecular formula is C21H31IN4O. The Bertz CT molecular complexity index is 702. The van der Waals surface area contributed by atoms with E-state index in [4.69, 9.17) is 10.5 Å². The number of benzene rings is 2. The van der Waals surface area contributed by atoms with Gasteiger partial charge in [-0.05, 0) is 62.3 Å². The van der Waals surface area contributed by atoms with Crippen LogP contribution in [0.3, 0.4) is 0 Å². The Morgan fingerprint density at radius 1 is 1.11 bits per heavy atom. The van der Waals surface area contributed by atoms with E-state index in [2.05, 4.69) is 48.4 Å². The SMILES string of the molecule is CCc1cccc(NC(N)=NCc2ccc(OCCCN(C)C)cc2)c1.I. The van der Waals surface area contributed by atoms with Crippen molar-refractivity contribution in [2.24, 2.45) is 10.7 Å². The lowest BCUT2D eigenvalue weighted by Crippen LogP contribution is -2.22. The number of aliphatic imine (C=N–C) groups is 1. The van der Waals surface area contributed by atoms with Gasteiger partial charge < -0.3 is 20.7 Å². The summed E-state index contributed by atoms with van der Waals surface area (Å²) < 4.78 is 5.74. The van der Waals surface area contributed by atoms with Crippen molar-refractivity contribution in [3.63, 3.8) is 0 Å². The van der Waals surface area contributed by atoms with Crippen LogP contribution in [-0.4, -0.2) is 38.1 Å². The monoisotopic (exact) mass is 482 g/mol. The zero-order chi connectivity index (χ0) is 18.8. The molecule has 6 heteroatoms. The molecule has 0 unspecified atom stereocenters. The summed E-state index contributed by atoms with van der Waals surface area (Å²) in [6.07, 6.45) is 2.01. The molecule has 0 aliphatic rings. The van der Waals surface area contributed by atoms with E-state index in [0.29, 0.717) is 12.5 Å². The van der Waals surface area contributed by atoms with Gasteiger partial charge in [0.25, 0.3) is 0 Å². The average molecular weight is 482 g/mol. The van der Waals surface area contributed by atoms with E-state index in [9.17, 15) is 0 Å². The molecule has 0 atom stereocenters. The van der Waals surface area contributed by atoms with E-state index in [1.54, 1.807) is 0 Å². The van der Waals surface area contributed by atoms with Gasteiger partial charge in [-0.2, -0.15) is 0 Å². The fraction of sp³-hybridized carbons (Fsp3) is 0.381. The van der Waals surface area contributed by atoms with Gasteiger partial charge in [-0.3, -0.25) is 0 Å². The number of anilines is 1. The molecule has 0 saturated carbocycles. The molecule has 0 amide bonds. The molecule has 27 heavy (non-hydrogen) atoms. The quantitative estimate of drug-likeness (QED) is 0.244. The number of nitrogens with one attached hydrogen (secondary N) is 1. The Morgan fingerprint density at radius 2 is 1.85 bits per heavy atom. The van der Waals surface area contributed by atoms with Crippen LogP contribution in [0.2, 0.25) is 0 Å². The number of halogens is 1. The molecule has 0 heterocycles. The first-order valence-electron chi connectivity index (χ1n) is 9.09. The second-order valence-electron chi connectivity index (χ2n) is 6.53. The van der Waals surface area contributed by atoms with Crippen LogP contribution < -0.4 is 15.8 Å². The molecule has 0 saturated heterocycles. The third kappa shape index (κ3) is 9.10. The van der Waals surface area contributed by atoms with Gasteiger partial charge in [0.1, 0.15) is 5.75 Å². The smallest absolute Gasteiger partial charge is 0.193 e. The summed E-state index contributed by atoms with van der Waals surface area (Å²) in [5.74, 6) is 1.31. The van der Waals surface area contributed by atoms with Gasteiger partial charge in [-0.25, -0.2) is 4.99 Å². The minimum absolute atomic E-state index is 0. The summed E-state index contributed by atoms with van der Waals surface area (Å²) in [7, 11) is 4.13. The molecule has 0 aliphatic carbocycles. The molecule has 2 aromatic carbocycles. The van der Waals surface area contributed by atoms with Crippen LogP contribution in [0.4, 0.5) is 5.69 Å². The highest BCUT2D eigenvalue weighted by Crippen LogP contribution is 2.14. The molecule has 0 aromatic heterocycles. The maximum absolute atomic E-state index is 5.99. The standard InChI is InChI=1S/C21H30N4O.HI/c1-4-17-7-5-8-19(15-17)24-21(22)23-16-18-9-11-20(12-10-18)26-14-6-13-25(2)3;/h5,7-12,15H,4,6,13-14,16H2,1-3H3,(H3,22,23,24);1H. The van der Waals surface area contributed by atoms with Gasteiger partial charge in [-0.1, -0.05) is 31.2 Å². The van der Waals surface area contributed by atoms with E-state index in [-0.39, 0.29) is 24.0 Å². The minimum atomic E-state index is 0. The first-order chi connectivity index (χ1) is 12.6. The summed E-state index contributed by atoms with van der Waals surface area (Å²) in [4.78, 5) is 6.56. The van der Waals surface area contributed by atoms with Crippen molar-refractivity contribution in [2.45, 2.75) is 26.3 Å². The van der Waals surface area contributed by atoms with Gasteiger partial charge in [0.2, 0.25) is 0 Å². The van der Waals surface area contributed by atoms with Crippen LogP contribution in [0.25, 0.3) is 0 Å². The summed E-state index contributed by atoms with van der Waals surface area (Å²) in [6, 6.07) is 16.2. The fourth-order valence-corrected chi connectivity index (χ4v) is 2.49. The van der Waals surface area contributed by atoms with Crippen molar-refractivity contribution in [1.82, 2.24) is 4.90 Å². The Balaban J connectivity index is 0.00000364. The number of guanidine groups is 1. The Hall–Kier alpha value is -1.80. The zero-order valence-electron chi connectivity index (χ0n) is 16.4. The maximum Gasteiger partial charge on any atom is 0.193 e. The van der Waals surface area contributed by atoms with Crippen molar-refractivity contribution >= 4 is 35.6 Å². The maximum atomic E-state index is 5.99. The van der Waals surface area contributed by atoms with Crippen molar-refractivity contribution in [1.29, 1.82) is 0 Å². The number of hydrogen-bond donors (Lipinski definition) is 2. The summed E-state index contributed by atoms with van der Waals surface area (Å²) in [5, 5.41) is 3.14. The molecule has 0 fully saturated rings. The lowest BCUT2D eigenvalue weighted by atomic mass is 10.1. The number of rotatable bonds is 9. The Kier molecular flexibility index (Phi) is 10.8. The highest BCUT2D eigenvalue weighted by molar-refractivity contribution is 14.0. The normalized spacial score (nSPS) is 11.2. The van der Waals surface area contributed by atoms with E-state index in [1.165, 1.54) is 5.56 Å². The molecule has 2 rings (SSSR count). The Morgan fingerprint density at radius 3 is 2.52 bits per heavy atom. The second-order valence-corrected chi connectivity index (χ2v) is 6.53. The fourth-order valence-electron chi connectivity index (χ4n) is 2.49. The summed E-state index contributed by atoms with van der Waals surface area (Å²) in [6.45, 7) is 4.42. The second kappa shape index (κ2) is 12.6. The summed E-state index contributed by atoms with van der Waals surface area (Å²) in [5.41, 5.74) is 9.32. The first kappa shape index (κ1) is 23.2. The molecule has 5 nitrogen and oxygen atoms in total. The molecule has 3 N–H and O–H groups in total. The molecule has 0 aliphatic heterocycles. The third-order valence-electron chi connectivity index (χ3n) is 3.98. The first-order valence-corrected chi connectivity index (χ1v) is 9.09. The number of aryl methyl sites for hydroxylation is 1. The molecule has 0 spiro atoms. The lowest BCUT2D eigenvalue weighted by Gasteiger charge is -2.10. The molecule has 0 bridgehead atoms. The lowest BCUT2D eigenvalue weighted by molar-refractivity contribution is 0.281. The number of nitrogens with two attached hydrogens (primary N) is 1. The van der Waals surface area contributed by atoms with Gasteiger partial charge in [0, 0.05) is 12.2 Å². The molecule has 0 radical (unpaired) electrons. The highest BCUT2D eigenvalue weighted by Gasteiger charge is 1.99. The predicted octanol–water partition coefficient (Wildman–Crippen LogP) is 4.12. The number of nitrogens with zero attached hydrogens (tertiary/aromatic N) is 2. The topological polar surface area (TPSA) is 62.9 Å². The van der Waals surface area contributed by atoms with E-state index >= 15 is 0 Å². The number of hydrogen-bond acceptors (Lipinski definition) is 3. The number of ether oxygens (including phenoxy) is 1. The van der Waals surface area contributed by atoms with Crippen LogP contribution >= 0.6 is 24.0 Å². The minimum Gasteiger partial charge on any atom is -0.494 e. The van der Waals surface area contributed by atoms with Gasteiger partial charge >= 0.3 is 0 Å². The largest absolute Gasteiger partial charge is 0.494 e. The molecular weight excluding hydrogens is 451 g/mol. The third-order valence-corrected chi connectivity index (χ3v) is 3.98. The Labute approximate surface area is 180 Å². The van der Waals surface area contributed by atoms with Gasteiger partial charge in [0.05, 0.1) is 13.2 Å². The predicted molar refractivity (Wildman–Crippen MR) is 125 cm³/mol. The van der Waals surface area contributed by atoms with Crippen molar-refractivity contribution in [2.75, 3.05) is 32.6 Å². The molecule has 148 valence electrons. The zero-order valence-corrected chi connectivity index (χ0v) is 18.8. The van der Waals surface area contributed by atoms with E-state index < -0.39 is 0 Å². The van der Waals surface area contributed by atoms with Crippen LogP contribution in [-0.2, 0) is 13.0 Å². The average Bonchev–Trinajstić information content (AvgIpc) is 2.64. The van der Waals surface area contributed by atoms with Crippen LogP contribution in [0, 0.1) is 0 Å². The van der Waals surface area contributed by atoms with Crippen molar-refractivity contribution in [3.05, 3.63) is 59.7 Å². The summed E-state index contributed by atoms with van der Waals surface area (Å²) >= 11 is 0. The van der Waals surface area contributed by atoms with Crippen molar-refractivity contribution in [3.8, 4) is 5.75 Å². The van der Waals surface area contributed by atoms with Gasteiger partial charge in [0.15, 0.2) is 5.96 Å². The van der Waals surface area contributed by atoms with Crippen LogP contribution in [0.1, 0.15) is 24.5 Å². The van der Waals surface area contributed by atoms with Crippen molar-refractivity contribution < 1.29 is 4.74 Å². The van der Waals surface area contributed by atoms with E-state index in [0.717, 1.165) is 43.0 Å². The van der Waals surface area contributed by atoms with Crippen LogP contribution in [0.5, 0.6) is 5.75 Å². The highest BCUT2D eigenvalue weighted by atomic mass is 127. The van der Waals surface area contributed by atoms with E-state index in [1.807, 2.05) is 36.4 Å². The van der Waals surface area contributed by atoms with Gasteiger partial charge in [-0.15, -0.1) is 24.0 Å². The molecule has 2 aromatic rings.